The van der Waals surface area contributed by atoms with Gasteiger partial charge in [0.2, 0.25) is 0 Å². The van der Waals surface area contributed by atoms with Gasteiger partial charge >= 0.3 is 6.18 Å². The summed E-state index contributed by atoms with van der Waals surface area (Å²) in [6.07, 6.45) is -4.17. The van der Waals surface area contributed by atoms with Crippen molar-refractivity contribution in [1.29, 1.82) is 0 Å². The number of hydrogen-bond acceptors (Lipinski definition) is 2. The number of rotatable bonds is 3. The monoisotopic (exact) mass is 322 g/mol. The van der Waals surface area contributed by atoms with Crippen LogP contribution in [-0.2, 0) is 0 Å². The van der Waals surface area contributed by atoms with Crippen molar-refractivity contribution in [2.75, 3.05) is 7.11 Å². The average Bonchev–Trinajstić information content (AvgIpc) is 2.45. The van der Waals surface area contributed by atoms with Gasteiger partial charge in [-0.3, -0.25) is 0 Å². The van der Waals surface area contributed by atoms with Crippen LogP contribution in [0.2, 0.25) is 5.02 Å². The van der Waals surface area contributed by atoms with Crippen molar-refractivity contribution in [1.82, 2.24) is 0 Å². The summed E-state index contributed by atoms with van der Waals surface area (Å²) in [5, 5.41) is 10.9. The largest absolute Gasteiger partial charge is 0.496 e. The smallest absolute Gasteiger partial charge is 0.391 e. The molecule has 0 aromatic heterocycles. The van der Waals surface area contributed by atoms with Crippen LogP contribution >= 0.6 is 11.6 Å². The zero-order valence-corrected chi connectivity index (χ0v) is 12.4. The molecule has 1 unspecified atom stereocenters. The lowest BCUT2D eigenvalue weighted by molar-refractivity contribution is -0.185. The number of aliphatic hydroxyl groups excluding tert-OH is 1. The first-order valence-electron chi connectivity index (χ1n) is 6.91. The van der Waals surface area contributed by atoms with Gasteiger partial charge in [0.15, 0.2) is 0 Å². The molecule has 6 heteroatoms. The maximum absolute atomic E-state index is 12.7. The molecule has 0 radical (unpaired) electrons. The maximum Gasteiger partial charge on any atom is 0.391 e. The molecule has 1 aliphatic rings. The molecule has 2 rings (SSSR count). The summed E-state index contributed by atoms with van der Waals surface area (Å²) in [5.41, 5.74) is 0.542. The fourth-order valence-corrected chi connectivity index (χ4v) is 3.13. The van der Waals surface area contributed by atoms with E-state index in [1.54, 1.807) is 18.2 Å². The van der Waals surface area contributed by atoms with Gasteiger partial charge < -0.3 is 9.84 Å². The summed E-state index contributed by atoms with van der Waals surface area (Å²) in [6.45, 7) is 0. The van der Waals surface area contributed by atoms with E-state index in [0.29, 0.717) is 29.2 Å². The molecular formula is C15H18ClF3O2. The Kier molecular flexibility index (Phi) is 5.04. The van der Waals surface area contributed by atoms with Crippen molar-refractivity contribution in [2.24, 2.45) is 11.8 Å². The van der Waals surface area contributed by atoms with Gasteiger partial charge in [-0.2, -0.15) is 13.2 Å². The van der Waals surface area contributed by atoms with Crippen molar-refractivity contribution in [3.05, 3.63) is 28.8 Å². The topological polar surface area (TPSA) is 29.5 Å². The predicted octanol–water partition coefficient (Wildman–Crippen LogP) is 4.75. The van der Waals surface area contributed by atoms with E-state index in [0.717, 1.165) is 0 Å². The number of alkyl halides is 3. The predicted molar refractivity (Wildman–Crippen MR) is 74.5 cm³/mol. The van der Waals surface area contributed by atoms with Crippen molar-refractivity contribution in [3.8, 4) is 5.75 Å². The average molecular weight is 323 g/mol. The van der Waals surface area contributed by atoms with Gasteiger partial charge in [-0.15, -0.1) is 0 Å². The van der Waals surface area contributed by atoms with Gasteiger partial charge in [-0.05, 0) is 49.8 Å². The van der Waals surface area contributed by atoms with Gasteiger partial charge in [0.05, 0.1) is 19.1 Å². The number of methoxy groups -OCH3 is 1. The van der Waals surface area contributed by atoms with Crippen LogP contribution in [0.4, 0.5) is 13.2 Å². The Bertz CT molecular complexity index is 482. The minimum absolute atomic E-state index is 0.0636. The second kappa shape index (κ2) is 6.44. The Morgan fingerprint density at radius 2 is 1.86 bits per heavy atom. The number of benzene rings is 1. The lowest BCUT2D eigenvalue weighted by Crippen LogP contribution is -2.29. The molecule has 0 saturated heterocycles. The van der Waals surface area contributed by atoms with Crippen molar-refractivity contribution in [2.45, 2.75) is 38.0 Å². The van der Waals surface area contributed by atoms with Crippen LogP contribution < -0.4 is 4.74 Å². The highest BCUT2D eigenvalue weighted by Crippen LogP contribution is 2.44. The summed E-state index contributed by atoms with van der Waals surface area (Å²) >= 11 is 5.92. The lowest BCUT2D eigenvalue weighted by Gasteiger charge is -2.33. The number of hydrogen-bond donors (Lipinski definition) is 1. The minimum Gasteiger partial charge on any atom is -0.496 e. The van der Waals surface area contributed by atoms with E-state index in [2.05, 4.69) is 0 Å². The number of halogens is 4. The molecule has 0 heterocycles. The molecule has 118 valence electrons. The van der Waals surface area contributed by atoms with Gasteiger partial charge in [0.1, 0.15) is 5.75 Å². The van der Waals surface area contributed by atoms with Crippen molar-refractivity contribution in [3.63, 3.8) is 0 Å². The molecule has 1 aromatic carbocycles. The molecule has 1 fully saturated rings. The van der Waals surface area contributed by atoms with Crippen molar-refractivity contribution >= 4 is 11.6 Å². The van der Waals surface area contributed by atoms with E-state index >= 15 is 0 Å². The van der Waals surface area contributed by atoms with Gasteiger partial charge in [-0.25, -0.2) is 0 Å². The van der Waals surface area contributed by atoms with Gasteiger partial charge in [-0.1, -0.05) is 11.6 Å². The molecule has 1 saturated carbocycles. The Morgan fingerprint density at radius 3 is 2.38 bits per heavy atom. The first-order chi connectivity index (χ1) is 9.82. The zero-order valence-electron chi connectivity index (χ0n) is 11.7. The third-order valence-electron chi connectivity index (χ3n) is 4.19. The lowest BCUT2D eigenvalue weighted by atomic mass is 9.77. The molecule has 1 atom stereocenters. The highest BCUT2D eigenvalue weighted by atomic mass is 35.5. The van der Waals surface area contributed by atoms with Crippen LogP contribution in [0.1, 0.15) is 37.4 Å². The molecule has 0 aliphatic heterocycles. The first-order valence-corrected chi connectivity index (χ1v) is 7.29. The molecule has 1 aliphatic carbocycles. The summed E-state index contributed by atoms with van der Waals surface area (Å²) in [6, 6.07) is 4.92. The second-order valence-corrected chi connectivity index (χ2v) is 5.92. The van der Waals surface area contributed by atoms with Gasteiger partial charge in [0, 0.05) is 10.6 Å². The Morgan fingerprint density at radius 1 is 1.24 bits per heavy atom. The maximum atomic E-state index is 12.7. The summed E-state index contributed by atoms with van der Waals surface area (Å²) in [7, 11) is 1.49. The third kappa shape index (κ3) is 3.83. The summed E-state index contributed by atoms with van der Waals surface area (Å²) in [5.74, 6) is -0.942. The van der Waals surface area contributed by atoms with E-state index in [4.69, 9.17) is 16.3 Å². The van der Waals surface area contributed by atoms with Crippen LogP contribution in [0.25, 0.3) is 0 Å². The molecular weight excluding hydrogens is 305 g/mol. The third-order valence-corrected chi connectivity index (χ3v) is 4.43. The molecule has 1 aromatic rings. The van der Waals surface area contributed by atoms with E-state index in [1.165, 1.54) is 7.11 Å². The molecule has 21 heavy (non-hydrogen) atoms. The Hall–Kier alpha value is -0.940. The summed E-state index contributed by atoms with van der Waals surface area (Å²) < 4.78 is 43.2. The quantitative estimate of drug-likeness (QED) is 0.870. The van der Waals surface area contributed by atoms with Crippen molar-refractivity contribution < 1.29 is 23.0 Å². The van der Waals surface area contributed by atoms with Crippen LogP contribution in [0.3, 0.4) is 0 Å². The SMILES string of the molecule is COc1ccc(Cl)cc1C(O)C1CCC(C(F)(F)F)CC1. The normalized spacial score (nSPS) is 24.7. The van der Waals surface area contributed by atoms with E-state index in [-0.39, 0.29) is 18.8 Å². The number of aliphatic hydroxyl groups is 1. The zero-order chi connectivity index (χ0) is 15.6. The highest BCUT2D eigenvalue weighted by molar-refractivity contribution is 6.30. The Labute approximate surface area is 126 Å². The molecule has 0 spiro atoms. The molecule has 0 amide bonds. The minimum atomic E-state index is -4.14. The van der Waals surface area contributed by atoms with Crippen LogP contribution in [0.5, 0.6) is 5.75 Å². The van der Waals surface area contributed by atoms with Crippen LogP contribution in [0.15, 0.2) is 18.2 Å². The number of ether oxygens (including phenoxy) is 1. The van der Waals surface area contributed by atoms with E-state index in [1.807, 2.05) is 0 Å². The fraction of sp³-hybridized carbons (Fsp3) is 0.600. The van der Waals surface area contributed by atoms with E-state index in [9.17, 15) is 18.3 Å². The fourth-order valence-electron chi connectivity index (χ4n) is 2.95. The van der Waals surface area contributed by atoms with Crippen LogP contribution in [-0.4, -0.2) is 18.4 Å². The first kappa shape index (κ1) is 16.4. The highest BCUT2D eigenvalue weighted by Gasteiger charge is 2.42. The van der Waals surface area contributed by atoms with E-state index < -0.39 is 18.2 Å². The molecule has 2 nitrogen and oxygen atoms in total. The Balaban J connectivity index is 2.08. The molecule has 0 bridgehead atoms. The second-order valence-electron chi connectivity index (χ2n) is 5.48. The van der Waals surface area contributed by atoms with Crippen LogP contribution in [0, 0.1) is 11.8 Å². The summed E-state index contributed by atoms with van der Waals surface area (Å²) in [4.78, 5) is 0. The standard InChI is InChI=1S/C15H18ClF3O2/c1-21-13-7-6-11(16)8-12(13)14(20)9-2-4-10(5-3-9)15(17,18)19/h6-10,14,20H,2-5H2,1H3. The molecule has 1 N–H and O–H groups in total. The van der Waals surface area contributed by atoms with Gasteiger partial charge in [0.25, 0.3) is 0 Å².